The van der Waals surface area contributed by atoms with E-state index in [1.54, 1.807) is 12.1 Å². The van der Waals surface area contributed by atoms with Crippen molar-refractivity contribution in [2.75, 3.05) is 7.11 Å². The van der Waals surface area contributed by atoms with Crippen molar-refractivity contribution in [3.63, 3.8) is 0 Å². The third kappa shape index (κ3) is 2.40. The van der Waals surface area contributed by atoms with Gasteiger partial charge in [0.1, 0.15) is 16.4 Å². The topological polar surface area (TPSA) is 63.6 Å². The average Bonchev–Trinajstić information content (AvgIpc) is 2.54. The highest BCUT2D eigenvalue weighted by Gasteiger charge is 2.22. The number of aromatic hydroxyl groups is 1. The molecule has 1 N–H and O–H groups in total. The lowest BCUT2D eigenvalue weighted by molar-refractivity contribution is 0.414. The number of hydrogen-bond acceptors (Lipinski definition) is 4. The highest BCUT2D eigenvalue weighted by molar-refractivity contribution is 7.91. The zero-order valence-corrected chi connectivity index (χ0v) is 12.7. The SMILES string of the molecule is COc1ccc(S(=O)(=O)c2cc3ccccc3cc2O)cc1. The largest absolute Gasteiger partial charge is 0.507 e. The highest BCUT2D eigenvalue weighted by Crippen LogP contribution is 2.33. The van der Waals surface area contributed by atoms with E-state index in [0.717, 1.165) is 10.8 Å². The second kappa shape index (κ2) is 5.35. The maximum absolute atomic E-state index is 12.7. The number of fused-ring (bicyclic) bond motifs is 1. The Morgan fingerprint density at radius 2 is 1.50 bits per heavy atom. The number of methoxy groups -OCH3 is 1. The molecule has 3 rings (SSSR count). The number of hydrogen-bond donors (Lipinski definition) is 1. The zero-order valence-electron chi connectivity index (χ0n) is 11.9. The molecular formula is C17H14O4S. The molecule has 22 heavy (non-hydrogen) atoms. The second-order valence-corrected chi connectivity index (χ2v) is 6.76. The summed E-state index contributed by atoms with van der Waals surface area (Å²) in [5.74, 6) is 0.316. The van der Waals surface area contributed by atoms with Crippen LogP contribution in [0.5, 0.6) is 11.5 Å². The van der Waals surface area contributed by atoms with Gasteiger partial charge in [0.2, 0.25) is 9.84 Å². The van der Waals surface area contributed by atoms with Crippen LogP contribution in [0.4, 0.5) is 0 Å². The zero-order chi connectivity index (χ0) is 15.7. The smallest absolute Gasteiger partial charge is 0.210 e. The van der Waals surface area contributed by atoms with Gasteiger partial charge in [0.25, 0.3) is 0 Å². The molecule has 112 valence electrons. The van der Waals surface area contributed by atoms with Gasteiger partial charge in [-0.2, -0.15) is 0 Å². The van der Waals surface area contributed by atoms with Crippen LogP contribution >= 0.6 is 0 Å². The second-order valence-electron chi connectivity index (χ2n) is 4.85. The first-order valence-corrected chi connectivity index (χ1v) is 8.11. The molecule has 0 aliphatic carbocycles. The molecule has 0 spiro atoms. The Kier molecular flexibility index (Phi) is 3.50. The predicted octanol–water partition coefficient (Wildman–Crippen LogP) is 3.39. The molecule has 5 heteroatoms. The molecule has 0 radical (unpaired) electrons. The molecule has 3 aromatic rings. The molecule has 0 heterocycles. The first-order chi connectivity index (χ1) is 10.5. The van der Waals surface area contributed by atoms with E-state index in [2.05, 4.69) is 0 Å². The lowest BCUT2D eigenvalue weighted by Gasteiger charge is -2.09. The van der Waals surface area contributed by atoms with Gasteiger partial charge >= 0.3 is 0 Å². The lowest BCUT2D eigenvalue weighted by Crippen LogP contribution is -2.02. The molecule has 0 fully saturated rings. The van der Waals surface area contributed by atoms with E-state index in [1.165, 1.54) is 31.4 Å². The minimum absolute atomic E-state index is 0.101. The fourth-order valence-electron chi connectivity index (χ4n) is 2.30. The summed E-state index contributed by atoms with van der Waals surface area (Å²) in [6, 6.07) is 16.3. The molecule has 0 amide bonds. The van der Waals surface area contributed by atoms with Crippen LogP contribution < -0.4 is 4.74 Å². The van der Waals surface area contributed by atoms with Crippen LogP contribution in [0.1, 0.15) is 0 Å². The molecule has 3 aromatic carbocycles. The van der Waals surface area contributed by atoms with Crippen molar-refractivity contribution in [3.05, 3.63) is 60.7 Å². The monoisotopic (exact) mass is 314 g/mol. The Hall–Kier alpha value is -2.53. The van der Waals surface area contributed by atoms with Gasteiger partial charge in [0.05, 0.1) is 12.0 Å². The predicted molar refractivity (Wildman–Crippen MR) is 84.1 cm³/mol. The van der Waals surface area contributed by atoms with Crippen molar-refractivity contribution in [2.24, 2.45) is 0 Å². The van der Waals surface area contributed by atoms with Gasteiger partial charge < -0.3 is 9.84 Å². The van der Waals surface area contributed by atoms with Crippen molar-refractivity contribution in [1.29, 1.82) is 0 Å². The van der Waals surface area contributed by atoms with Crippen molar-refractivity contribution in [3.8, 4) is 11.5 Å². The van der Waals surface area contributed by atoms with Crippen molar-refractivity contribution < 1.29 is 18.3 Å². The minimum Gasteiger partial charge on any atom is -0.507 e. The number of rotatable bonds is 3. The normalized spacial score (nSPS) is 11.5. The van der Waals surface area contributed by atoms with E-state index in [1.807, 2.05) is 24.3 Å². The summed E-state index contributed by atoms with van der Waals surface area (Å²) in [6.07, 6.45) is 0. The van der Waals surface area contributed by atoms with Gasteiger partial charge in [-0.3, -0.25) is 0 Å². The van der Waals surface area contributed by atoms with Gasteiger partial charge in [0.15, 0.2) is 0 Å². The molecule has 0 aliphatic rings. The average molecular weight is 314 g/mol. The van der Waals surface area contributed by atoms with Gasteiger partial charge in [-0.1, -0.05) is 24.3 Å². The van der Waals surface area contributed by atoms with Crippen LogP contribution in [0.25, 0.3) is 10.8 Å². The van der Waals surface area contributed by atoms with Gasteiger partial charge in [-0.15, -0.1) is 0 Å². The summed E-state index contributed by atoms with van der Waals surface area (Å²) in [4.78, 5) is 0.00949. The Balaban J connectivity index is 2.17. The number of ether oxygens (including phenoxy) is 1. The fourth-order valence-corrected chi connectivity index (χ4v) is 3.67. The molecule has 4 nitrogen and oxygen atoms in total. The van der Waals surface area contributed by atoms with Crippen LogP contribution in [0.15, 0.2) is 70.5 Å². The van der Waals surface area contributed by atoms with Crippen LogP contribution in [0.2, 0.25) is 0 Å². The van der Waals surface area contributed by atoms with Crippen LogP contribution in [-0.4, -0.2) is 20.6 Å². The van der Waals surface area contributed by atoms with E-state index >= 15 is 0 Å². The Morgan fingerprint density at radius 1 is 0.909 bits per heavy atom. The lowest BCUT2D eigenvalue weighted by atomic mass is 10.1. The summed E-state index contributed by atoms with van der Waals surface area (Å²) < 4.78 is 30.4. The molecule has 0 unspecified atom stereocenters. The molecule has 0 bridgehead atoms. The summed E-state index contributed by atoms with van der Waals surface area (Å²) in [6.45, 7) is 0. The van der Waals surface area contributed by atoms with Crippen molar-refractivity contribution in [2.45, 2.75) is 9.79 Å². The third-order valence-electron chi connectivity index (χ3n) is 3.49. The first-order valence-electron chi connectivity index (χ1n) is 6.63. The van der Waals surface area contributed by atoms with Crippen molar-refractivity contribution >= 4 is 20.6 Å². The number of phenolic OH excluding ortho intramolecular Hbond substituents is 1. The molecular weight excluding hydrogens is 300 g/mol. The van der Waals surface area contributed by atoms with E-state index in [0.29, 0.717) is 5.75 Å². The Bertz CT molecular complexity index is 929. The Labute approximate surface area is 128 Å². The van der Waals surface area contributed by atoms with Crippen LogP contribution in [-0.2, 0) is 9.84 Å². The molecule has 0 saturated carbocycles. The quantitative estimate of drug-likeness (QED) is 0.805. The Morgan fingerprint density at radius 3 is 2.09 bits per heavy atom. The maximum atomic E-state index is 12.7. The van der Waals surface area contributed by atoms with Gasteiger partial charge in [-0.05, 0) is 47.2 Å². The van der Waals surface area contributed by atoms with Gasteiger partial charge in [-0.25, -0.2) is 8.42 Å². The van der Waals surface area contributed by atoms with E-state index in [-0.39, 0.29) is 15.5 Å². The number of benzene rings is 3. The van der Waals surface area contributed by atoms with Crippen LogP contribution in [0.3, 0.4) is 0 Å². The first kappa shape index (κ1) is 14.4. The summed E-state index contributed by atoms with van der Waals surface area (Å²) in [5, 5.41) is 11.6. The van der Waals surface area contributed by atoms with E-state index in [4.69, 9.17) is 4.74 Å². The molecule has 0 atom stereocenters. The molecule has 0 saturated heterocycles. The standard InChI is InChI=1S/C17H14O4S/c1-21-14-6-8-15(9-7-14)22(19,20)17-11-13-5-3-2-4-12(13)10-16(17)18/h2-11,18H,1H3. The minimum atomic E-state index is -3.79. The van der Waals surface area contributed by atoms with Crippen molar-refractivity contribution in [1.82, 2.24) is 0 Å². The number of sulfone groups is 1. The fraction of sp³-hybridized carbons (Fsp3) is 0.0588. The summed E-state index contributed by atoms with van der Waals surface area (Å²) in [5.41, 5.74) is 0. The number of phenols is 1. The molecule has 0 aromatic heterocycles. The maximum Gasteiger partial charge on any atom is 0.210 e. The molecule has 0 aliphatic heterocycles. The summed E-state index contributed by atoms with van der Waals surface area (Å²) >= 11 is 0. The van der Waals surface area contributed by atoms with E-state index < -0.39 is 9.84 Å². The van der Waals surface area contributed by atoms with Crippen LogP contribution in [0, 0.1) is 0 Å². The van der Waals surface area contributed by atoms with E-state index in [9.17, 15) is 13.5 Å². The third-order valence-corrected chi connectivity index (χ3v) is 5.29. The van der Waals surface area contributed by atoms with Gasteiger partial charge in [0, 0.05) is 0 Å². The highest BCUT2D eigenvalue weighted by atomic mass is 32.2. The summed E-state index contributed by atoms with van der Waals surface area (Å²) in [7, 11) is -2.28.